The highest BCUT2D eigenvalue weighted by Gasteiger charge is 2.25. The second-order valence-electron chi connectivity index (χ2n) is 6.01. The number of rotatable bonds is 6. The number of halogens is 2. The quantitative estimate of drug-likeness (QED) is 0.699. The first-order chi connectivity index (χ1) is 11.7. The number of amides is 1. The lowest BCUT2D eigenvalue weighted by atomic mass is 10.1. The number of benzene rings is 2. The van der Waals surface area contributed by atoms with Gasteiger partial charge in [0, 0.05) is 18.6 Å². The zero-order chi connectivity index (χ0) is 16.8. The van der Waals surface area contributed by atoms with Crippen molar-refractivity contribution in [3.8, 4) is 16.9 Å². The summed E-state index contributed by atoms with van der Waals surface area (Å²) in [5.74, 6) is 0.742. The molecule has 0 unspecified atom stereocenters. The Labute approximate surface area is 166 Å². The highest BCUT2D eigenvalue weighted by atomic mass is 35.5. The summed E-state index contributed by atoms with van der Waals surface area (Å²) in [6.07, 6.45) is 0.851. The van der Waals surface area contributed by atoms with Gasteiger partial charge in [-0.15, -0.1) is 24.8 Å². The zero-order valence-corrected chi connectivity index (χ0v) is 16.0. The van der Waals surface area contributed by atoms with E-state index in [1.165, 1.54) is 5.56 Å². The molecule has 0 saturated carbocycles. The highest BCUT2D eigenvalue weighted by Crippen LogP contribution is 2.24. The minimum Gasteiger partial charge on any atom is -0.492 e. The summed E-state index contributed by atoms with van der Waals surface area (Å²) in [4.78, 5) is 11.3. The van der Waals surface area contributed by atoms with Gasteiger partial charge in [-0.25, -0.2) is 0 Å². The van der Waals surface area contributed by atoms with Crippen LogP contribution in [0.15, 0.2) is 54.6 Å². The lowest BCUT2D eigenvalue weighted by Gasteiger charge is -2.14. The fraction of sp³-hybridized carbons (Fsp3) is 0.316. The molecule has 26 heavy (non-hydrogen) atoms. The topological polar surface area (TPSA) is 76.4 Å². The standard InChI is InChI=1S/C19H23N3O2.2ClH/c20-11-19(23)22-16-10-17(21-12-16)13-24-18-8-4-7-15(9-18)14-5-2-1-3-6-14;;/h1-9,16-17,21H,10-13,20H2,(H,22,23);2*1H/t16-,17+;;/m1../s1. The zero-order valence-electron chi connectivity index (χ0n) is 14.4. The van der Waals surface area contributed by atoms with Crippen LogP contribution >= 0.6 is 24.8 Å². The largest absolute Gasteiger partial charge is 0.492 e. The van der Waals surface area contributed by atoms with E-state index in [0.29, 0.717) is 6.61 Å². The van der Waals surface area contributed by atoms with Gasteiger partial charge < -0.3 is 21.1 Å². The third-order valence-electron chi connectivity index (χ3n) is 4.16. The van der Waals surface area contributed by atoms with E-state index in [-0.39, 0.29) is 49.3 Å². The van der Waals surface area contributed by atoms with Gasteiger partial charge in [0.05, 0.1) is 6.54 Å². The van der Waals surface area contributed by atoms with Crippen molar-refractivity contribution in [2.45, 2.75) is 18.5 Å². The van der Waals surface area contributed by atoms with Crippen LogP contribution in [0.25, 0.3) is 11.1 Å². The van der Waals surface area contributed by atoms with E-state index in [0.717, 1.165) is 24.3 Å². The van der Waals surface area contributed by atoms with Crippen molar-refractivity contribution in [3.63, 3.8) is 0 Å². The van der Waals surface area contributed by atoms with Crippen LogP contribution in [0.1, 0.15) is 6.42 Å². The average Bonchev–Trinajstić information content (AvgIpc) is 3.08. The van der Waals surface area contributed by atoms with Crippen LogP contribution in [0, 0.1) is 0 Å². The smallest absolute Gasteiger partial charge is 0.233 e. The third kappa shape index (κ3) is 6.18. The normalized spacial score (nSPS) is 18.3. The molecular weight excluding hydrogens is 373 g/mol. The molecule has 0 radical (unpaired) electrons. The van der Waals surface area contributed by atoms with Crippen molar-refractivity contribution >= 4 is 30.7 Å². The van der Waals surface area contributed by atoms with E-state index < -0.39 is 0 Å². The van der Waals surface area contributed by atoms with Crippen molar-refractivity contribution in [2.75, 3.05) is 19.7 Å². The fourth-order valence-electron chi connectivity index (χ4n) is 2.94. The Morgan fingerprint density at radius 1 is 1.12 bits per heavy atom. The minimum absolute atomic E-state index is 0. The molecule has 2 aromatic rings. The number of nitrogens with two attached hydrogens (primary N) is 1. The van der Waals surface area contributed by atoms with E-state index in [2.05, 4.69) is 34.9 Å². The van der Waals surface area contributed by atoms with Gasteiger partial charge in [-0.1, -0.05) is 42.5 Å². The van der Waals surface area contributed by atoms with E-state index >= 15 is 0 Å². The molecule has 3 rings (SSSR count). The maximum absolute atomic E-state index is 11.3. The number of hydrogen-bond donors (Lipinski definition) is 3. The molecule has 1 saturated heterocycles. The van der Waals surface area contributed by atoms with Gasteiger partial charge in [0.2, 0.25) is 5.91 Å². The van der Waals surface area contributed by atoms with Gasteiger partial charge in [-0.2, -0.15) is 0 Å². The Hall–Kier alpha value is -1.79. The second kappa shape index (κ2) is 11.0. The predicted molar refractivity (Wildman–Crippen MR) is 109 cm³/mol. The summed E-state index contributed by atoms with van der Waals surface area (Å²) in [7, 11) is 0. The molecule has 0 spiro atoms. The Morgan fingerprint density at radius 2 is 1.85 bits per heavy atom. The SMILES string of the molecule is Cl.Cl.NCC(=O)N[C@H]1CN[C@H](COc2cccc(-c3ccccc3)c2)C1. The maximum Gasteiger partial charge on any atom is 0.233 e. The van der Waals surface area contributed by atoms with Gasteiger partial charge >= 0.3 is 0 Å². The molecule has 0 aromatic heterocycles. The van der Waals surface area contributed by atoms with Crippen LogP contribution in [0.4, 0.5) is 0 Å². The summed E-state index contributed by atoms with van der Waals surface area (Å²) in [6, 6.07) is 18.7. The van der Waals surface area contributed by atoms with Crippen LogP contribution < -0.4 is 21.1 Å². The van der Waals surface area contributed by atoms with Gasteiger partial charge in [0.1, 0.15) is 12.4 Å². The molecule has 7 heteroatoms. The van der Waals surface area contributed by atoms with Crippen LogP contribution in [-0.2, 0) is 4.79 Å². The second-order valence-corrected chi connectivity index (χ2v) is 6.01. The van der Waals surface area contributed by atoms with Gasteiger partial charge in [0.25, 0.3) is 0 Å². The molecule has 1 fully saturated rings. The first-order valence-electron chi connectivity index (χ1n) is 8.25. The molecule has 2 aromatic carbocycles. The molecule has 142 valence electrons. The van der Waals surface area contributed by atoms with Crippen molar-refractivity contribution in [1.29, 1.82) is 0 Å². The molecule has 2 atom stereocenters. The lowest BCUT2D eigenvalue weighted by molar-refractivity contribution is -0.120. The van der Waals surface area contributed by atoms with Gasteiger partial charge in [-0.05, 0) is 29.7 Å². The number of hydrogen-bond acceptors (Lipinski definition) is 4. The molecule has 1 heterocycles. The van der Waals surface area contributed by atoms with Crippen molar-refractivity contribution in [3.05, 3.63) is 54.6 Å². The van der Waals surface area contributed by atoms with E-state index in [9.17, 15) is 4.79 Å². The molecule has 1 amide bonds. The maximum atomic E-state index is 11.3. The molecule has 0 aliphatic carbocycles. The minimum atomic E-state index is -0.112. The Bertz CT molecular complexity index is 685. The summed E-state index contributed by atoms with van der Waals surface area (Å²) < 4.78 is 5.93. The number of ether oxygens (including phenoxy) is 1. The first-order valence-corrected chi connectivity index (χ1v) is 8.25. The van der Waals surface area contributed by atoms with Crippen molar-refractivity contribution < 1.29 is 9.53 Å². The number of nitrogens with one attached hydrogen (secondary N) is 2. The molecule has 1 aliphatic rings. The first kappa shape index (κ1) is 22.3. The van der Waals surface area contributed by atoms with Crippen LogP contribution in [0.5, 0.6) is 5.75 Å². The van der Waals surface area contributed by atoms with Crippen molar-refractivity contribution in [1.82, 2.24) is 10.6 Å². The van der Waals surface area contributed by atoms with Crippen LogP contribution in [0.3, 0.4) is 0 Å². The Kier molecular flexibility index (Phi) is 9.44. The van der Waals surface area contributed by atoms with Crippen LogP contribution in [0.2, 0.25) is 0 Å². The monoisotopic (exact) mass is 397 g/mol. The molecule has 5 nitrogen and oxygen atoms in total. The van der Waals surface area contributed by atoms with E-state index in [1.807, 2.05) is 30.3 Å². The summed E-state index contributed by atoms with van der Waals surface area (Å²) in [6.45, 7) is 1.36. The highest BCUT2D eigenvalue weighted by molar-refractivity contribution is 5.85. The van der Waals surface area contributed by atoms with E-state index in [4.69, 9.17) is 10.5 Å². The lowest BCUT2D eigenvalue weighted by Crippen LogP contribution is -2.39. The average molecular weight is 398 g/mol. The summed E-state index contributed by atoms with van der Waals surface area (Å²) in [5, 5.41) is 6.28. The molecular formula is C19H25Cl2N3O2. The number of carbonyl (C=O) groups is 1. The third-order valence-corrected chi connectivity index (χ3v) is 4.16. The van der Waals surface area contributed by atoms with Gasteiger partial charge in [0.15, 0.2) is 0 Å². The Morgan fingerprint density at radius 3 is 2.58 bits per heavy atom. The fourth-order valence-corrected chi connectivity index (χ4v) is 2.94. The van der Waals surface area contributed by atoms with Crippen molar-refractivity contribution in [2.24, 2.45) is 5.73 Å². The van der Waals surface area contributed by atoms with E-state index in [1.54, 1.807) is 0 Å². The summed E-state index contributed by atoms with van der Waals surface area (Å²) in [5.41, 5.74) is 7.64. The number of carbonyl (C=O) groups excluding carboxylic acids is 1. The predicted octanol–water partition coefficient (Wildman–Crippen LogP) is 2.38. The van der Waals surface area contributed by atoms with Gasteiger partial charge in [-0.3, -0.25) is 4.79 Å². The summed E-state index contributed by atoms with van der Waals surface area (Å²) >= 11 is 0. The van der Waals surface area contributed by atoms with Crippen LogP contribution in [-0.4, -0.2) is 37.7 Å². The molecule has 4 N–H and O–H groups in total. The molecule has 0 bridgehead atoms. The Balaban J connectivity index is 0.00000169. The molecule has 1 aliphatic heterocycles.